The SMILES string of the molecule is N[C@H]1CC(=O)N([C@H](Cc2ccc(O)cc2)C(=O)NC[C@@H]2CC[C@@H]3CCCN3C2=O)C1. The molecule has 0 aliphatic carbocycles. The monoisotopic (exact) mass is 414 g/mol. The van der Waals surface area contributed by atoms with Crippen molar-refractivity contribution < 1.29 is 19.5 Å². The number of phenols is 1. The van der Waals surface area contributed by atoms with E-state index in [0.29, 0.717) is 25.6 Å². The highest BCUT2D eigenvalue weighted by atomic mass is 16.3. The minimum Gasteiger partial charge on any atom is -0.508 e. The number of nitrogens with two attached hydrogens (primary N) is 1. The smallest absolute Gasteiger partial charge is 0.243 e. The van der Waals surface area contributed by atoms with Crippen molar-refractivity contribution in [3.63, 3.8) is 0 Å². The number of phenolic OH excluding ortho intramolecular Hbond substituents is 1. The van der Waals surface area contributed by atoms with E-state index in [1.165, 1.54) is 0 Å². The van der Waals surface area contributed by atoms with Crippen LogP contribution in [0.3, 0.4) is 0 Å². The molecule has 3 amide bonds. The van der Waals surface area contributed by atoms with E-state index in [-0.39, 0.29) is 41.9 Å². The van der Waals surface area contributed by atoms with E-state index < -0.39 is 6.04 Å². The summed E-state index contributed by atoms with van der Waals surface area (Å²) < 4.78 is 0. The van der Waals surface area contributed by atoms with E-state index in [1.54, 1.807) is 29.2 Å². The Bertz CT molecular complexity index is 812. The molecule has 4 atom stereocenters. The second-order valence-corrected chi connectivity index (χ2v) is 8.74. The average molecular weight is 415 g/mol. The number of nitrogens with zero attached hydrogens (tertiary/aromatic N) is 2. The number of aromatic hydroxyl groups is 1. The van der Waals surface area contributed by atoms with E-state index in [9.17, 15) is 19.5 Å². The minimum atomic E-state index is -0.686. The van der Waals surface area contributed by atoms with Crippen LogP contribution in [0.15, 0.2) is 24.3 Å². The quantitative estimate of drug-likeness (QED) is 0.622. The largest absolute Gasteiger partial charge is 0.508 e. The molecule has 0 aromatic heterocycles. The first-order chi connectivity index (χ1) is 14.4. The predicted octanol–water partition coefficient (Wildman–Crippen LogP) is 0.380. The molecule has 3 fully saturated rings. The van der Waals surface area contributed by atoms with Gasteiger partial charge in [-0.2, -0.15) is 0 Å². The van der Waals surface area contributed by atoms with Crippen molar-refractivity contribution >= 4 is 17.7 Å². The molecular weight excluding hydrogens is 384 g/mol. The highest BCUT2D eigenvalue weighted by Gasteiger charge is 2.39. The first-order valence-electron chi connectivity index (χ1n) is 10.8. The van der Waals surface area contributed by atoms with Crippen LogP contribution in [0.5, 0.6) is 5.75 Å². The number of hydrogen-bond donors (Lipinski definition) is 3. The molecule has 3 aliphatic heterocycles. The summed E-state index contributed by atoms with van der Waals surface area (Å²) >= 11 is 0. The third-order valence-corrected chi connectivity index (χ3v) is 6.61. The van der Waals surface area contributed by atoms with Crippen molar-refractivity contribution in [2.75, 3.05) is 19.6 Å². The zero-order chi connectivity index (χ0) is 21.3. The molecule has 0 unspecified atom stereocenters. The first kappa shape index (κ1) is 20.7. The molecule has 3 saturated heterocycles. The van der Waals surface area contributed by atoms with Crippen LogP contribution in [0.2, 0.25) is 0 Å². The molecule has 3 aliphatic rings. The summed E-state index contributed by atoms with van der Waals surface area (Å²) in [5, 5.41) is 12.4. The lowest BCUT2D eigenvalue weighted by Crippen LogP contribution is -2.52. The molecule has 30 heavy (non-hydrogen) atoms. The number of nitrogens with one attached hydrogen (secondary N) is 1. The Morgan fingerprint density at radius 1 is 1.20 bits per heavy atom. The molecule has 8 heteroatoms. The lowest BCUT2D eigenvalue weighted by molar-refractivity contribution is -0.141. The third kappa shape index (κ3) is 4.28. The van der Waals surface area contributed by atoms with Crippen molar-refractivity contribution in [2.24, 2.45) is 11.7 Å². The third-order valence-electron chi connectivity index (χ3n) is 6.61. The van der Waals surface area contributed by atoms with E-state index in [0.717, 1.165) is 37.8 Å². The van der Waals surface area contributed by atoms with Crippen LogP contribution in [0, 0.1) is 5.92 Å². The number of likely N-dealkylation sites (tertiary alicyclic amines) is 1. The van der Waals surface area contributed by atoms with Crippen molar-refractivity contribution in [2.45, 2.75) is 56.7 Å². The summed E-state index contributed by atoms with van der Waals surface area (Å²) in [6, 6.07) is 6.02. The van der Waals surface area contributed by atoms with E-state index in [1.807, 2.05) is 4.90 Å². The zero-order valence-electron chi connectivity index (χ0n) is 17.1. The fourth-order valence-electron chi connectivity index (χ4n) is 4.97. The highest BCUT2D eigenvalue weighted by Crippen LogP contribution is 2.30. The van der Waals surface area contributed by atoms with Gasteiger partial charge in [-0.1, -0.05) is 12.1 Å². The second kappa shape index (κ2) is 8.63. The highest BCUT2D eigenvalue weighted by molar-refractivity contribution is 5.90. The molecule has 1 aromatic rings. The maximum atomic E-state index is 13.1. The van der Waals surface area contributed by atoms with Gasteiger partial charge in [0.2, 0.25) is 17.7 Å². The number of amides is 3. The van der Waals surface area contributed by atoms with Gasteiger partial charge in [-0.25, -0.2) is 0 Å². The average Bonchev–Trinajstić information content (AvgIpc) is 3.33. The number of carbonyl (C=O) groups is 3. The topological polar surface area (TPSA) is 116 Å². The summed E-state index contributed by atoms with van der Waals surface area (Å²) in [5.41, 5.74) is 6.79. The number of rotatable bonds is 6. The van der Waals surface area contributed by atoms with E-state index in [2.05, 4.69) is 5.32 Å². The first-order valence-corrected chi connectivity index (χ1v) is 10.8. The molecule has 4 N–H and O–H groups in total. The van der Waals surface area contributed by atoms with Gasteiger partial charge in [-0.3, -0.25) is 14.4 Å². The molecular formula is C22H30N4O4. The number of piperidine rings is 1. The van der Waals surface area contributed by atoms with Crippen LogP contribution in [-0.2, 0) is 20.8 Å². The number of carbonyl (C=O) groups excluding carboxylic acids is 3. The molecule has 0 saturated carbocycles. The van der Waals surface area contributed by atoms with Gasteiger partial charge < -0.3 is 26.0 Å². The molecule has 162 valence electrons. The van der Waals surface area contributed by atoms with Gasteiger partial charge in [-0.05, 0) is 43.4 Å². The van der Waals surface area contributed by atoms with Gasteiger partial charge in [0.05, 0.1) is 5.92 Å². The lowest BCUT2D eigenvalue weighted by atomic mass is 9.92. The molecule has 0 radical (unpaired) electrons. The van der Waals surface area contributed by atoms with Crippen LogP contribution < -0.4 is 11.1 Å². The Kier molecular flexibility index (Phi) is 5.94. The van der Waals surface area contributed by atoms with Crippen LogP contribution in [0.25, 0.3) is 0 Å². The number of benzene rings is 1. The van der Waals surface area contributed by atoms with Crippen LogP contribution >= 0.6 is 0 Å². The van der Waals surface area contributed by atoms with Gasteiger partial charge in [0.15, 0.2) is 0 Å². The molecule has 8 nitrogen and oxygen atoms in total. The summed E-state index contributed by atoms with van der Waals surface area (Å²) in [7, 11) is 0. The molecule has 0 bridgehead atoms. The molecule has 4 rings (SSSR count). The molecule has 0 spiro atoms. The number of hydrogen-bond acceptors (Lipinski definition) is 5. The molecule has 3 heterocycles. The predicted molar refractivity (Wildman–Crippen MR) is 110 cm³/mol. The fraction of sp³-hybridized carbons (Fsp3) is 0.591. The normalized spacial score (nSPS) is 27.3. The standard InChI is InChI=1S/C22H30N4O4/c23-16-11-20(28)26(13-16)19(10-14-3-7-18(27)8-4-14)21(29)24-12-15-5-6-17-2-1-9-25(17)22(15)30/h3-4,7-8,15-17,19,27H,1-2,5-6,9-13,23H2,(H,24,29)/t15-,16-,17-,19+/m0/s1. The zero-order valence-corrected chi connectivity index (χ0v) is 17.1. The summed E-state index contributed by atoms with van der Waals surface area (Å²) in [6.07, 6.45) is 4.48. The van der Waals surface area contributed by atoms with Crippen molar-refractivity contribution in [1.82, 2.24) is 15.1 Å². The van der Waals surface area contributed by atoms with Crippen LogP contribution in [-0.4, -0.2) is 70.4 Å². The van der Waals surface area contributed by atoms with Gasteiger partial charge >= 0.3 is 0 Å². The summed E-state index contributed by atoms with van der Waals surface area (Å²) in [6.45, 7) is 1.45. The molecule has 1 aromatic carbocycles. The van der Waals surface area contributed by atoms with Crippen LogP contribution in [0.4, 0.5) is 0 Å². The number of fused-ring (bicyclic) bond motifs is 1. The van der Waals surface area contributed by atoms with Crippen molar-refractivity contribution in [1.29, 1.82) is 0 Å². The van der Waals surface area contributed by atoms with Gasteiger partial charge in [0.1, 0.15) is 11.8 Å². The van der Waals surface area contributed by atoms with Gasteiger partial charge in [0.25, 0.3) is 0 Å². The summed E-state index contributed by atoms with van der Waals surface area (Å²) in [4.78, 5) is 41.8. The summed E-state index contributed by atoms with van der Waals surface area (Å²) in [5.74, 6) is -0.306. The Labute approximate surface area is 176 Å². The van der Waals surface area contributed by atoms with Gasteiger partial charge in [-0.15, -0.1) is 0 Å². The van der Waals surface area contributed by atoms with Crippen LogP contribution in [0.1, 0.15) is 37.7 Å². The Morgan fingerprint density at radius 3 is 2.67 bits per heavy atom. The Balaban J connectivity index is 1.43. The van der Waals surface area contributed by atoms with E-state index in [4.69, 9.17) is 5.73 Å². The lowest BCUT2D eigenvalue weighted by Gasteiger charge is -2.35. The van der Waals surface area contributed by atoms with Crippen molar-refractivity contribution in [3.05, 3.63) is 29.8 Å². The fourth-order valence-corrected chi connectivity index (χ4v) is 4.97. The maximum absolute atomic E-state index is 13.1. The Morgan fingerprint density at radius 2 is 1.97 bits per heavy atom. The van der Waals surface area contributed by atoms with E-state index >= 15 is 0 Å². The second-order valence-electron chi connectivity index (χ2n) is 8.74. The van der Waals surface area contributed by atoms with Crippen molar-refractivity contribution in [3.8, 4) is 5.75 Å². The maximum Gasteiger partial charge on any atom is 0.243 e. The van der Waals surface area contributed by atoms with Gasteiger partial charge in [0, 0.05) is 44.6 Å². The minimum absolute atomic E-state index is 0.130. The Hall–Kier alpha value is -2.61.